The number of carbonyl (C=O) groups excluding carboxylic acids is 1. The van der Waals surface area contributed by atoms with Gasteiger partial charge in [-0.25, -0.2) is 0 Å². The van der Waals surface area contributed by atoms with Crippen LogP contribution in [0.3, 0.4) is 0 Å². The zero-order valence-electron chi connectivity index (χ0n) is 11.0. The van der Waals surface area contributed by atoms with Gasteiger partial charge in [-0.15, -0.1) is 0 Å². The van der Waals surface area contributed by atoms with E-state index >= 15 is 0 Å². The summed E-state index contributed by atoms with van der Waals surface area (Å²) in [6.07, 6.45) is 0. The number of likely N-dealkylation sites (N-methyl/N-ethyl adjacent to an activating group) is 1. The van der Waals surface area contributed by atoms with Gasteiger partial charge in [0, 0.05) is 21.2 Å². The Hall–Kier alpha value is -1.56. The Morgan fingerprint density at radius 2 is 2.24 bits per heavy atom. The Bertz CT molecular complexity index is 414. The van der Waals surface area contributed by atoms with E-state index in [1.165, 1.54) is 4.68 Å². The van der Waals surface area contributed by atoms with Crippen molar-refractivity contribution in [3.8, 4) is 0 Å². The van der Waals surface area contributed by atoms with Crippen LogP contribution >= 0.6 is 0 Å². The molecule has 0 saturated heterocycles. The molecule has 1 aromatic rings. The van der Waals surface area contributed by atoms with Gasteiger partial charge in [-0.2, -0.15) is 5.10 Å². The van der Waals surface area contributed by atoms with E-state index in [0.717, 1.165) is 0 Å². The first-order valence-electron chi connectivity index (χ1n) is 5.45. The van der Waals surface area contributed by atoms with Gasteiger partial charge in [0.15, 0.2) is 0 Å². The maximum absolute atomic E-state index is 12.2. The van der Waals surface area contributed by atoms with Gasteiger partial charge >= 0.3 is 0 Å². The standard InChI is InChI=1S/C11H20N4O2/c1-7(6-17-5)14(3)11(16)10-9(12)8(2)13-15(10)4/h7H,6,12H2,1-5H3. The number of nitrogens with two attached hydrogens (primary N) is 1. The number of nitrogen functional groups attached to an aromatic ring is 1. The lowest BCUT2D eigenvalue weighted by atomic mass is 10.2. The van der Waals surface area contributed by atoms with Gasteiger partial charge in [0.25, 0.3) is 5.91 Å². The molecule has 0 aliphatic heterocycles. The average molecular weight is 240 g/mol. The second-order valence-electron chi connectivity index (χ2n) is 4.19. The van der Waals surface area contributed by atoms with E-state index in [0.29, 0.717) is 23.7 Å². The quantitative estimate of drug-likeness (QED) is 0.827. The van der Waals surface area contributed by atoms with Crippen molar-refractivity contribution in [1.29, 1.82) is 0 Å². The van der Waals surface area contributed by atoms with E-state index in [1.54, 1.807) is 33.0 Å². The fourth-order valence-electron chi connectivity index (χ4n) is 1.65. The number of rotatable bonds is 4. The second kappa shape index (κ2) is 5.18. The van der Waals surface area contributed by atoms with Crippen LogP contribution in [0.4, 0.5) is 5.69 Å². The van der Waals surface area contributed by atoms with Gasteiger partial charge in [-0.05, 0) is 13.8 Å². The molecular formula is C11H20N4O2. The average Bonchev–Trinajstić information content (AvgIpc) is 2.51. The maximum Gasteiger partial charge on any atom is 0.274 e. The summed E-state index contributed by atoms with van der Waals surface area (Å²) in [7, 11) is 5.05. The lowest BCUT2D eigenvalue weighted by molar-refractivity contribution is 0.0624. The van der Waals surface area contributed by atoms with Gasteiger partial charge in [0.1, 0.15) is 5.69 Å². The monoisotopic (exact) mass is 240 g/mol. The third-order valence-corrected chi connectivity index (χ3v) is 2.86. The zero-order chi connectivity index (χ0) is 13.2. The van der Waals surface area contributed by atoms with Crippen LogP contribution in [0.5, 0.6) is 0 Å². The number of ether oxygens (including phenoxy) is 1. The molecule has 1 heterocycles. The molecule has 1 amide bonds. The summed E-state index contributed by atoms with van der Waals surface area (Å²) in [5, 5.41) is 4.13. The molecule has 0 fully saturated rings. The maximum atomic E-state index is 12.2. The number of aromatic nitrogens is 2. The van der Waals surface area contributed by atoms with Gasteiger partial charge in [-0.1, -0.05) is 0 Å². The summed E-state index contributed by atoms with van der Waals surface area (Å²) in [5.41, 5.74) is 7.39. The summed E-state index contributed by atoms with van der Waals surface area (Å²) >= 11 is 0. The lowest BCUT2D eigenvalue weighted by Gasteiger charge is -2.24. The lowest BCUT2D eigenvalue weighted by Crippen LogP contribution is -2.39. The van der Waals surface area contributed by atoms with Crippen LogP contribution in [0.25, 0.3) is 0 Å². The van der Waals surface area contributed by atoms with Crippen molar-refractivity contribution in [1.82, 2.24) is 14.7 Å². The summed E-state index contributed by atoms with van der Waals surface area (Å²) in [5.74, 6) is -0.143. The van der Waals surface area contributed by atoms with Crippen LogP contribution in [0, 0.1) is 6.92 Å². The van der Waals surface area contributed by atoms with Gasteiger partial charge in [0.05, 0.1) is 24.0 Å². The van der Waals surface area contributed by atoms with E-state index < -0.39 is 0 Å². The number of aryl methyl sites for hydroxylation is 2. The van der Waals surface area contributed by atoms with Crippen LogP contribution in [0.15, 0.2) is 0 Å². The molecule has 96 valence electrons. The molecule has 2 N–H and O–H groups in total. The van der Waals surface area contributed by atoms with Gasteiger partial charge in [-0.3, -0.25) is 9.48 Å². The number of anilines is 1. The van der Waals surface area contributed by atoms with Crippen molar-refractivity contribution in [2.45, 2.75) is 19.9 Å². The van der Waals surface area contributed by atoms with E-state index in [4.69, 9.17) is 10.5 Å². The van der Waals surface area contributed by atoms with Crippen LogP contribution in [-0.4, -0.2) is 47.4 Å². The molecule has 0 spiro atoms. The fraction of sp³-hybridized carbons (Fsp3) is 0.636. The van der Waals surface area contributed by atoms with Crippen molar-refractivity contribution < 1.29 is 9.53 Å². The summed E-state index contributed by atoms with van der Waals surface area (Å²) in [6.45, 7) is 4.19. The van der Waals surface area contributed by atoms with Gasteiger partial charge < -0.3 is 15.4 Å². The Morgan fingerprint density at radius 3 is 2.65 bits per heavy atom. The summed E-state index contributed by atoms with van der Waals surface area (Å²) in [4.78, 5) is 13.9. The van der Waals surface area contributed by atoms with Crippen LogP contribution < -0.4 is 5.73 Å². The highest BCUT2D eigenvalue weighted by Crippen LogP contribution is 2.17. The number of nitrogens with zero attached hydrogens (tertiary/aromatic N) is 3. The molecule has 0 aliphatic carbocycles. The van der Waals surface area contributed by atoms with E-state index in [9.17, 15) is 4.79 Å². The van der Waals surface area contributed by atoms with Crippen molar-refractivity contribution in [2.24, 2.45) is 7.05 Å². The normalized spacial score (nSPS) is 12.5. The largest absolute Gasteiger partial charge is 0.395 e. The van der Waals surface area contributed by atoms with E-state index in [2.05, 4.69) is 5.10 Å². The molecule has 1 aromatic heterocycles. The Kier molecular flexibility index (Phi) is 4.11. The minimum absolute atomic E-state index is 0.0119. The van der Waals surface area contributed by atoms with Crippen molar-refractivity contribution in [3.05, 3.63) is 11.4 Å². The number of amides is 1. The molecule has 0 saturated carbocycles. The number of hydrogen-bond acceptors (Lipinski definition) is 4. The van der Waals surface area contributed by atoms with Crippen LogP contribution in [-0.2, 0) is 11.8 Å². The third-order valence-electron chi connectivity index (χ3n) is 2.86. The zero-order valence-corrected chi connectivity index (χ0v) is 11.0. The smallest absolute Gasteiger partial charge is 0.274 e. The highest BCUT2D eigenvalue weighted by atomic mass is 16.5. The van der Waals surface area contributed by atoms with E-state index in [-0.39, 0.29) is 11.9 Å². The predicted octanol–water partition coefficient (Wildman–Crippen LogP) is 0.418. The number of hydrogen-bond donors (Lipinski definition) is 1. The van der Waals surface area contributed by atoms with Crippen LogP contribution in [0.1, 0.15) is 23.1 Å². The topological polar surface area (TPSA) is 73.4 Å². The molecule has 17 heavy (non-hydrogen) atoms. The molecule has 0 aliphatic rings. The molecule has 0 bridgehead atoms. The van der Waals surface area contributed by atoms with Crippen LogP contribution in [0.2, 0.25) is 0 Å². The minimum atomic E-state index is -0.143. The Morgan fingerprint density at radius 1 is 1.65 bits per heavy atom. The molecule has 0 aromatic carbocycles. The van der Waals surface area contributed by atoms with E-state index in [1.807, 2.05) is 6.92 Å². The summed E-state index contributed by atoms with van der Waals surface area (Å²) < 4.78 is 6.55. The molecule has 0 radical (unpaired) electrons. The molecule has 1 unspecified atom stereocenters. The van der Waals surface area contributed by atoms with Gasteiger partial charge in [0.2, 0.25) is 0 Å². The molecule has 1 rings (SSSR count). The molecule has 1 atom stereocenters. The SMILES string of the molecule is COCC(C)N(C)C(=O)c1c(N)c(C)nn1C. The highest BCUT2D eigenvalue weighted by Gasteiger charge is 2.24. The highest BCUT2D eigenvalue weighted by molar-refractivity contribution is 5.98. The minimum Gasteiger partial charge on any atom is -0.395 e. The number of methoxy groups -OCH3 is 1. The Labute approximate surface area is 101 Å². The number of carbonyl (C=O) groups is 1. The van der Waals surface area contributed by atoms with Crippen molar-refractivity contribution in [2.75, 3.05) is 26.5 Å². The second-order valence-corrected chi connectivity index (χ2v) is 4.19. The molecule has 6 heteroatoms. The first-order chi connectivity index (χ1) is 7.90. The molecule has 6 nitrogen and oxygen atoms in total. The fourth-order valence-corrected chi connectivity index (χ4v) is 1.65. The first kappa shape index (κ1) is 13.5. The Balaban J connectivity index is 2.96. The first-order valence-corrected chi connectivity index (χ1v) is 5.45. The third kappa shape index (κ3) is 2.58. The predicted molar refractivity (Wildman–Crippen MR) is 65.8 cm³/mol. The van der Waals surface area contributed by atoms with Crippen molar-refractivity contribution in [3.63, 3.8) is 0 Å². The molecular weight excluding hydrogens is 220 g/mol. The summed E-state index contributed by atoms with van der Waals surface area (Å²) in [6, 6.07) is -0.0119. The van der Waals surface area contributed by atoms with Crippen molar-refractivity contribution >= 4 is 11.6 Å².